The Labute approximate surface area is 230 Å². The second-order valence-corrected chi connectivity index (χ2v) is 12.9. The molecule has 0 aliphatic carbocycles. The van der Waals surface area contributed by atoms with Crippen LogP contribution in [-0.2, 0) is 26.1 Å². The summed E-state index contributed by atoms with van der Waals surface area (Å²) in [5.74, 6) is 0.697. The van der Waals surface area contributed by atoms with Crippen LogP contribution in [-0.4, -0.2) is 62.1 Å². The number of nitrogens with zero attached hydrogens (tertiary/aromatic N) is 3. The van der Waals surface area contributed by atoms with E-state index in [0.29, 0.717) is 48.1 Å². The molecule has 1 saturated heterocycles. The van der Waals surface area contributed by atoms with Crippen LogP contribution in [0.5, 0.6) is 11.5 Å². The summed E-state index contributed by atoms with van der Waals surface area (Å²) in [6.45, 7) is 7.73. The molecule has 2 aliphatic heterocycles. The summed E-state index contributed by atoms with van der Waals surface area (Å²) in [5, 5.41) is 0. The topological polar surface area (TPSA) is 117 Å². The molecule has 0 bridgehead atoms. The van der Waals surface area contributed by atoms with Crippen LogP contribution in [0.2, 0.25) is 0 Å². The Balaban J connectivity index is 1.47. The molecule has 208 valence electrons. The highest BCUT2D eigenvalue weighted by atomic mass is 32.2. The number of amides is 1. The van der Waals surface area contributed by atoms with E-state index in [9.17, 15) is 18.0 Å². The summed E-state index contributed by atoms with van der Waals surface area (Å²) >= 11 is 1.24. The Kier molecular flexibility index (Phi) is 7.79. The van der Waals surface area contributed by atoms with E-state index in [2.05, 4.69) is 18.8 Å². The number of carbonyl (C=O) groups excluding carboxylic acids is 2. The van der Waals surface area contributed by atoms with Crippen molar-refractivity contribution in [2.24, 2.45) is 16.8 Å². The van der Waals surface area contributed by atoms with Gasteiger partial charge < -0.3 is 18.8 Å². The summed E-state index contributed by atoms with van der Waals surface area (Å²) in [7, 11) is -3.67. The normalized spacial score (nSPS) is 20.2. The van der Waals surface area contributed by atoms with Gasteiger partial charge in [0, 0.05) is 30.8 Å². The molecule has 3 aromatic rings. The minimum absolute atomic E-state index is 0.135. The van der Waals surface area contributed by atoms with E-state index < -0.39 is 21.9 Å². The maximum absolute atomic E-state index is 13.2. The fourth-order valence-electron chi connectivity index (χ4n) is 5.05. The van der Waals surface area contributed by atoms with Gasteiger partial charge in [0.1, 0.15) is 19.8 Å². The minimum Gasteiger partial charge on any atom is -0.486 e. The molecule has 0 spiro atoms. The lowest BCUT2D eigenvalue weighted by molar-refractivity contribution is -0.143. The first-order valence-electron chi connectivity index (χ1n) is 12.9. The molecular formula is C27H31N3O7S2. The zero-order valence-corrected chi connectivity index (χ0v) is 23.7. The standard InChI is InChI=1S/C27H31N3O7S2/c1-4-35-25(31)16-30-21-12-22-23(37-10-9-36-22)13-24(21)38-27(30)28-26(32)19-5-7-20(8-6-19)39(33,34)29-14-17(2)11-18(3)15-29/h5-8,12-13,17-18H,4,9-11,14-16H2,1-3H3. The number of benzene rings is 2. The highest BCUT2D eigenvalue weighted by molar-refractivity contribution is 7.89. The fraction of sp³-hybridized carbons (Fsp3) is 0.444. The van der Waals surface area contributed by atoms with E-state index in [1.165, 1.54) is 39.9 Å². The fourth-order valence-corrected chi connectivity index (χ4v) is 7.77. The van der Waals surface area contributed by atoms with Crippen LogP contribution < -0.4 is 14.3 Å². The minimum atomic E-state index is -3.67. The third kappa shape index (κ3) is 5.73. The first-order chi connectivity index (χ1) is 18.7. The molecule has 1 amide bonds. The van der Waals surface area contributed by atoms with Gasteiger partial charge in [-0.05, 0) is 49.4 Å². The van der Waals surface area contributed by atoms with Gasteiger partial charge in [-0.15, -0.1) is 0 Å². The number of aromatic nitrogens is 1. The van der Waals surface area contributed by atoms with E-state index in [1.807, 2.05) is 6.07 Å². The molecular weight excluding hydrogens is 542 g/mol. The van der Waals surface area contributed by atoms with Crippen molar-refractivity contribution in [3.05, 3.63) is 46.8 Å². The van der Waals surface area contributed by atoms with Crippen molar-refractivity contribution in [2.75, 3.05) is 32.9 Å². The van der Waals surface area contributed by atoms with E-state index in [-0.39, 0.29) is 35.4 Å². The van der Waals surface area contributed by atoms with E-state index >= 15 is 0 Å². The Morgan fingerprint density at radius 3 is 2.33 bits per heavy atom. The third-order valence-electron chi connectivity index (χ3n) is 6.71. The van der Waals surface area contributed by atoms with Crippen molar-refractivity contribution in [3.8, 4) is 11.5 Å². The van der Waals surface area contributed by atoms with Crippen LogP contribution in [0.3, 0.4) is 0 Å². The van der Waals surface area contributed by atoms with Crippen molar-refractivity contribution in [1.82, 2.24) is 8.87 Å². The van der Waals surface area contributed by atoms with Crippen LogP contribution >= 0.6 is 11.3 Å². The number of hydrogen-bond acceptors (Lipinski definition) is 8. The molecule has 2 aliphatic rings. The lowest BCUT2D eigenvalue weighted by atomic mass is 9.94. The predicted molar refractivity (Wildman–Crippen MR) is 145 cm³/mol. The number of piperidine rings is 1. The van der Waals surface area contributed by atoms with Gasteiger partial charge in [-0.2, -0.15) is 9.30 Å². The quantitative estimate of drug-likeness (QED) is 0.415. The van der Waals surface area contributed by atoms with Gasteiger partial charge in [0.05, 0.1) is 21.7 Å². The molecule has 2 atom stereocenters. The van der Waals surface area contributed by atoms with Crippen LogP contribution in [0.4, 0.5) is 0 Å². The van der Waals surface area contributed by atoms with E-state index in [1.54, 1.807) is 17.6 Å². The van der Waals surface area contributed by atoms with Gasteiger partial charge in [-0.25, -0.2) is 8.42 Å². The van der Waals surface area contributed by atoms with E-state index in [0.717, 1.165) is 11.1 Å². The van der Waals surface area contributed by atoms with Gasteiger partial charge in [0.15, 0.2) is 16.3 Å². The van der Waals surface area contributed by atoms with Crippen LogP contribution in [0.1, 0.15) is 37.6 Å². The summed E-state index contributed by atoms with van der Waals surface area (Å²) in [4.78, 5) is 30.3. The molecule has 39 heavy (non-hydrogen) atoms. The molecule has 5 rings (SSSR count). The second kappa shape index (κ2) is 11.1. The number of sulfonamides is 1. The van der Waals surface area contributed by atoms with Crippen LogP contribution in [0.25, 0.3) is 10.2 Å². The van der Waals surface area contributed by atoms with Crippen molar-refractivity contribution in [3.63, 3.8) is 0 Å². The van der Waals surface area contributed by atoms with E-state index in [4.69, 9.17) is 14.2 Å². The summed E-state index contributed by atoms with van der Waals surface area (Å²) in [6, 6.07) is 9.41. The largest absolute Gasteiger partial charge is 0.486 e. The summed E-state index contributed by atoms with van der Waals surface area (Å²) < 4.78 is 46.8. The first kappa shape index (κ1) is 27.4. The van der Waals surface area contributed by atoms with Crippen molar-refractivity contribution in [1.29, 1.82) is 0 Å². The SMILES string of the molecule is CCOC(=O)Cn1c(=NC(=O)c2ccc(S(=O)(=O)N3CC(C)CC(C)C3)cc2)sc2cc3c(cc21)OCCO3. The maximum Gasteiger partial charge on any atom is 0.326 e. The molecule has 10 nitrogen and oxygen atoms in total. The van der Waals surface area contributed by atoms with Crippen LogP contribution in [0.15, 0.2) is 46.3 Å². The molecule has 3 heterocycles. The Hall–Kier alpha value is -3.22. The number of rotatable bonds is 6. The van der Waals surface area contributed by atoms with Gasteiger partial charge in [0.25, 0.3) is 5.91 Å². The highest BCUT2D eigenvalue weighted by Gasteiger charge is 2.31. The number of hydrogen-bond donors (Lipinski definition) is 0. The van der Waals surface area contributed by atoms with Crippen molar-refractivity contribution >= 4 is 43.5 Å². The molecule has 1 fully saturated rings. The predicted octanol–water partition coefficient (Wildman–Crippen LogP) is 3.44. The zero-order chi connectivity index (χ0) is 27.7. The maximum atomic E-state index is 13.2. The van der Waals surface area contributed by atoms with Gasteiger partial charge in [0.2, 0.25) is 10.0 Å². The smallest absolute Gasteiger partial charge is 0.326 e. The van der Waals surface area contributed by atoms with Gasteiger partial charge in [-0.3, -0.25) is 9.59 Å². The molecule has 2 aromatic carbocycles. The summed E-state index contributed by atoms with van der Waals surface area (Å²) in [6.07, 6.45) is 0.998. The lowest BCUT2D eigenvalue weighted by Gasteiger charge is -2.34. The molecule has 0 N–H and O–H groups in total. The van der Waals surface area contributed by atoms with Crippen molar-refractivity contribution < 1.29 is 32.2 Å². The molecule has 0 saturated carbocycles. The second-order valence-electron chi connectivity index (χ2n) is 9.95. The number of fused-ring (bicyclic) bond motifs is 2. The van der Waals surface area contributed by atoms with Crippen LogP contribution in [0, 0.1) is 11.8 Å². The monoisotopic (exact) mass is 573 g/mol. The van der Waals surface area contributed by atoms with Crippen molar-refractivity contribution in [2.45, 2.75) is 38.6 Å². The van der Waals surface area contributed by atoms with Gasteiger partial charge in [-0.1, -0.05) is 25.2 Å². The van der Waals surface area contributed by atoms with Gasteiger partial charge >= 0.3 is 5.97 Å². The highest BCUT2D eigenvalue weighted by Crippen LogP contribution is 2.35. The number of thiazole rings is 1. The Bertz CT molecular complexity index is 1570. The number of ether oxygens (including phenoxy) is 3. The third-order valence-corrected chi connectivity index (χ3v) is 9.60. The Morgan fingerprint density at radius 1 is 1.05 bits per heavy atom. The Morgan fingerprint density at radius 2 is 1.69 bits per heavy atom. The zero-order valence-electron chi connectivity index (χ0n) is 22.1. The average molecular weight is 574 g/mol. The average Bonchev–Trinajstić information content (AvgIpc) is 3.22. The number of esters is 1. The molecule has 2 unspecified atom stereocenters. The molecule has 1 aromatic heterocycles. The lowest BCUT2D eigenvalue weighted by Crippen LogP contribution is -2.42. The summed E-state index contributed by atoms with van der Waals surface area (Å²) in [5.41, 5.74) is 0.899. The molecule has 12 heteroatoms. The first-order valence-corrected chi connectivity index (χ1v) is 15.2. The molecule has 0 radical (unpaired) electrons. The number of carbonyl (C=O) groups is 2.